The quantitative estimate of drug-likeness (QED) is 0.470. The molecule has 2 N–H and O–H groups in total. The lowest BCUT2D eigenvalue weighted by Crippen LogP contribution is -2.16. The summed E-state index contributed by atoms with van der Waals surface area (Å²) in [5, 5.41) is 12.2. The summed E-state index contributed by atoms with van der Waals surface area (Å²) in [5.74, 6) is -0.925. The fourth-order valence-electron chi connectivity index (χ4n) is 1.94. The Morgan fingerprint density at radius 2 is 1.80 bits per heavy atom. The second-order valence-corrected chi connectivity index (χ2v) is 5.13. The highest BCUT2D eigenvalue weighted by Crippen LogP contribution is 2.31. The Morgan fingerprint density at radius 3 is 2.40 bits per heavy atom. The first-order valence-corrected chi connectivity index (χ1v) is 7.25. The molecule has 0 heterocycles. The highest BCUT2D eigenvalue weighted by molar-refractivity contribution is 6.18. The van der Waals surface area contributed by atoms with E-state index in [4.69, 9.17) is 0 Å². The van der Waals surface area contributed by atoms with Gasteiger partial charge in [0.2, 0.25) is 0 Å². The smallest absolute Gasteiger partial charge is 0.416 e. The van der Waals surface area contributed by atoms with Crippen LogP contribution >= 0.6 is 0 Å². The number of aliphatic imine (C=N–C) groups is 1. The van der Waals surface area contributed by atoms with Gasteiger partial charge in [0.05, 0.1) is 16.8 Å². The summed E-state index contributed by atoms with van der Waals surface area (Å²) in [7, 11) is 0. The highest BCUT2D eigenvalue weighted by atomic mass is 19.4. The number of allylic oxidation sites excluding steroid dienone is 1. The van der Waals surface area contributed by atoms with Gasteiger partial charge in [-0.15, -0.1) is 0 Å². The fraction of sp³-hybridized carbons (Fsp3) is 0.111. The van der Waals surface area contributed by atoms with Gasteiger partial charge in [-0.05, 0) is 37.3 Å². The Hall–Kier alpha value is -3.09. The molecule has 0 aliphatic rings. The molecule has 0 saturated carbocycles. The molecule has 0 aliphatic carbocycles. The van der Waals surface area contributed by atoms with Crippen molar-refractivity contribution in [1.29, 1.82) is 0 Å². The number of nitrogens with zero attached hydrogens (tertiary/aromatic N) is 1. The minimum Gasteiger partial charge on any atom is -0.512 e. The van der Waals surface area contributed by atoms with E-state index in [1.54, 1.807) is 30.3 Å². The summed E-state index contributed by atoms with van der Waals surface area (Å²) >= 11 is 0. The topological polar surface area (TPSA) is 61.7 Å². The average molecular weight is 348 g/mol. The maximum atomic E-state index is 12.7. The van der Waals surface area contributed by atoms with E-state index in [9.17, 15) is 23.1 Å². The molecule has 0 radical (unpaired) electrons. The van der Waals surface area contributed by atoms with E-state index in [0.717, 1.165) is 18.3 Å². The molecule has 2 rings (SSSR count). The van der Waals surface area contributed by atoms with Gasteiger partial charge in [0.15, 0.2) is 0 Å². The van der Waals surface area contributed by atoms with Crippen LogP contribution in [0, 0.1) is 0 Å². The molecular formula is C18H15F3N2O2. The summed E-state index contributed by atoms with van der Waals surface area (Å²) in [6.45, 7) is 1.29. The number of carbonyl (C=O) groups is 1. The minimum absolute atomic E-state index is 0.0149. The Kier molecular flexibility index (Phi) is 5.59. The molecular weight excluding hydrogens is 333 g/mol. The van der Waals surface area contributed by atoms with Crippen molar-refractivity contribution in [3.63, 3.8) is 0 Å². The molecule has 130 valence electrons. The van der Waals surface area contributed by atoms with Crippen LogP contribution < -0.4 is 5.32 Å². The zero-order valence-electron chi connectivity index (χ0n) is 13.2. The van der Waals surface area contributed by atoms with Crippen molar-refractivity contribution in [3.05, 3.63) is 71.5 Å². The van der Waals surface area contributed by atoms with Crippen LogP contribution in [0.3, 0.4) is 0 Å². The van der Waals surface area contributed by atoms with Gasteiger partial charge in [0.1, 0.15) is 5.76 Å². The minimum atomic E-state index is -4.48. The van der Waals surface area contributed by atoms with Gasteiger partial charge in [-0.25, -0.2) is 0 Å². The van der Waals surface area contributed by atoms with Gasteiger partial charge in [0, 0.05) is 11.9 Å². The van der Waals surface area contributed by atoms with Crippen molar-refractivity contribution in [3.8, 4) is 0 Å². The van der Waals surface area contributed by atoms with E-state index in [2.05, 4.69) is 10.3 Å². The van der Waals surface area contributed by atoms with E-state index < -0.39 is 17.6 Å². The maximum absolute atomic E-state index is 12.7. The predicted octanol–water partition coefficient (Wildman–Crippen LogP) is 4.88. The average Bonchev–Trinajstić information content (AvgIpc) is 2.55. The van der Waals surface area contributed by atoms with Crippen LogP contribution in [0.25, 0.3) is 0 Å². The molecule has 7 heteroatoms. The summed E-state index contributed by atoms with van der Waals surface area (Å²) in [6, 6.07) is 12.9. The molecule has 1 amide bonds. The van der Waals surface area contributed by atoms with Crippen LogP contribution in [-0.4, -0.2) is 17.2 Å². The molecule has 0 aliphatic heterocycles. The number of carbonyl (C=O) groups excluding carboxylic acids is 1. The maximum Gasteiger partial charge on any atom is 0.416 e. The van der Waals surface area contributed by atoms with Crippen molar-refractivity contribution in [2.45, 2.75) is 13.1 Å². The van der Waals surface area contributed by atoms with Crippen LogP contribution in [0.4, 0.5) is 24.5 Å². The standard InChI is InChI=1S/C18H15F3N2O2/c1-12(24)16(17(25)23-14-7-3-2-4-8-14)11-22-15-9-5-6-13(10-15)18(19,20)21/h2-11,24H,1H3,(H,23,25)/b16-12-,22-11?. The Morgan fingerprint density at radius 1 is 1.12 bits per heavy atom. The number of hydrogen-bond acceptors (Lipinski definition) is 3. The number of nitrogens with one attached hydrogen (secondary N) is 1. The van der Waals surface area contributed by atoms with Crippen molar-refractivity contribution in [2.24, 2.45) is 4.99 Å². The largest absolute Gasteiger partial charge is 0.512 e. The monoisotopic (exact) mass is 348 g/mol. The Labute approximate surface area is 142 Å². The van der Waals surface area contributed by atoms with Crippen LogP contribution in [0.15, 0.2) is 70.9 Å². The number of anilines is 1. The van der Waals surface area contributed by atoms with Gasteiger partial charge in [0.25, 0.3) is 5.91 Å². The SMILES string of the molecule is C/C(O)=C(\C=Nc1cccc(C(F)(F)F)c1)C(=O)Nc1ccccc1. The van der Waals surface area contributed by atoms with E-state index >= 15 is 0 Å². The number of alkyl halides is 3. The van der Waals surface area contributed by atoms with Gasteiger partial charge >= 0.3 is 6.18 Å². The lowest BCUT2D eigenvalue weighted by molar-refractivity contribution is -0.137. The molecule has 0 fully saturated rings. The summed E-state index contributed by atoms with van der Waals surface area (Å²) in [6.07, 6.45) is -3.45. The number of halogens is 3. The number of aliphatic hydroxyl groups excluding tert-OH is 1. The van der Waals surface area contributed by atoms with Crippen molar-refractivity contribution in [1.82, 2.24) is 0 Å². The summed E-state index contributed by atoms with van der Waals surface area (Å²) in [4.78, 5) is 16.1. The van der Waals surface area contributed by atoms with Gasteiger partial charge in [-0.3, -0.25) is 9.79 Å². The van der Waals surface area contributed by atoms with E-state index in [1.807, 2.05) is 0 Å². The zero-order chi connectivity index (χ0) is 18.4. The molecule has 0 unspecified atom stereocenters. The zero-order valence-corrected chi connectivity index (χ0v) is 13.2. The van der Waals surface area contributed by atoms with Crippen molar-refractivity contribution < 1.29 is 23.1 Å². The second kappa shape index (κ2) is 7.65. The number of amides is 1. The summed E-state index contributed by atoms with van der Waals surface area (Å²) < 4.78 is 38.1. The van der Waals surface area contributed by atoms with Crippen molar-refractivity contribution in [2.75, 3.05) is 5.32 Å². The molecule has 25 heavy (non-hydrogen) atoms. The molecule has 0 atom stereocenters. The Balaban J connectivity index is 2.21. The third-order valence-corrected chi connectivity index (χ3v) is 3.18. The number of hydrogen-bond donors (Lipinski definition) is 2. The van der Waals surface area contributed by atoms with E-state index in [-0.39, 0.29) is 17.0 Å². The molecule has 0 spiro atoms. The van der Waals surface area contributed by atoms with Crippen LogP contribution in [0.1, 0.15) is 12.5 Å². The van der Waals surface area contributed by atoms with Crippen LogP contribution in [0.5, 0.6) is 0 Å². The lowest BCUT2D eigenvalue weighted by atomic mass is 10.2. The Bertz CT molecular complexity index is 809. The third-order valence-electron chi connectivity index (χ3n) is 3.18. The van der Waals surface area contributed by atoms with Crippen molar-refractivity contribution >= 4 is 23.5 Å². The first-order chi connectivity index (χ1) is 11.8. The van der Waals surface area contributed by atoms with Gasteiger partial charge < -0.3 is 10.4 Å². The van der Waals surface area contributed by atoms with Crippen LogP contribution in [-0.2, 0) is 11.0 Å². The number of benzene rings is 2. The number of para-hydroxylation sites is 1. The highest BCUT2D eigenvalue weighted by Gasteiger charge is 2.30. The first-order valence-electron chi connectivity index (χ1n) is 7.25. The third kappa shape index (κ3) is 5.20. The summed E-state index contributed by atoms with van der Waals surface area (Å²) in [5.41, 5.74) is -0.469. The fourth-order valence-corrected chi connectivity index (χ4v) is 1.94. The molecule has 0 bridgehead atoms. The van der Waals surface area contributed by atoms with E-state index in [0.29, 0.717) is 5.69 Å². The number of rotatable bonds is 4. The van der Waals surface area contributed by atoms with E-state index in [1.165, 1.54) is 19.1 Å². The van der Waals surface area contributed by atoms with Crippen LogP contribution in [0.2, 0.25) is 0 Å². The molecule has 0 saturated heterocycles. The molecule has 4 nitrogen and oxygen atoms in total. The van der Waals surface area contributed by atoms with Gasteiger partial charge in [-0.1, -0.05) is 24.3 Å². The first kappa shape index (κ1) is 18.3. The molecule has 2 aromatic rings. The molecule has 0 aromatic heterocycles. The van der Waals surface area contributed by atoms with Gasteiger partial charge in [-0.2, -0.15) is 13.2 Å². The second-order valence-electron chi connectivity index (χ2n) is 5.13. The normalized spacial score (nSPS) is 12.8. The lowest BCUT2D eigenvalue weighted by Gasteiger charge is -2.07. The predicted molar refractivity (Wildman–Crippen MR) is 90.0 cm³/mol. The number of aliphatic hydroxyl groups is 1. The molecule has 2 aromatic carbocycles.